The van der Waals surface area contributed by atoms with Gasteiger partial charge in [-0.15, -0.1) is 0 Å². The van der Waals surface area contributed by atoms with Crippen molar-refractivity contribution in [1.82, 2.24) is 9.80 Å². The molecule has 188 valence electrons. The Labute approximate surface area is 211 Å². The van der Waals surface area contributed by atoms with Gasteiger partial charge in [0.25, 0.3) is 0 Å². The fourth-order valence-corrected chi connectivity index (χ4v) is 3.90. The number of hydrogen-bond acceptors (Lipinski definition) is 5. The van der Waals surface area contributed by atoms with Gasteiger partial charge in [-0.25, -0.2) is 9.59 Å². The highest BCUT2D eigenvalue weighted by molar-refractivity contribution is 5.99. The molecule has 3 aromatic carbocycles. The van der Waals surface area contributed by atoms with E-state index >= 15 is 0 Å². The molecule has 1 aliphatic rings. The van der Waals surface area contributed by atoms with E-state index in [0.717, 1.165) is 42.2 Å². The lowest BCUT2D eigenvalue weighted by atomic mass is 10.2. The Morgan fingerprint density at radius 3 is 2.22 bits per heavy atom. The van der Waals surface area contributed by atoms with E-state index in [1.165, 1.54) is 0 Å². The molecule has 1 fully saturated rings. The molecule has 4 rings (SSSR count). The van der Waals surface area contributed by atoms with Crippen LogP contribution in [0.3, 0.4) is 0 Å². The molecule has 0 atom stereocenters. The summed E-state index contributed by atoms with van der Waals surface area (Å²) in [6.45, 7) is 6.31. The van der Waals surface area contributed by atoms with E-state index in [0.29, 0.717) is 25.4 Å². The van der Waals surface area contributed by atoms with Crippen LogP contribution in [0.2, 0.25) is 0 Å². The molecular weight excluding hydrogens is 456 g/mol. The molecule has 1 aliphatic heterocycles. The van der Waals surface area contributed by atoms with Gasteiger partial charge < -0.3 is 25.0 Å². The lowest BCUT2D eigenvalue weighted by molar-refractivity contribution is 0.0683. The number of ether oxygens (including phenoxy) is 2. The largest absolute Gasteiger partial charge is 0.492 e. The quantitative estimate of drug-likeness (QED) is 0.468. The van der Waals surface area contributed by atoms with E-state index in [-0.39, 0.29) is 18.7 Å². The van der Waals surface area contributed by atoms with Gasteiger partial charge in [0.2, 0.25) is 0 Å². The van der Waals surface area contributed by atoms with Gasteiger partial charge in [-0.1, -0.05) is 54.6 Å². The molecule has 8 nitrogen and oxygen atoms in total. The molecule has 0 radical (unpaired) electrons. The molecule has 1 saturated heterocycles. The highest BCUT2D eigenvalue weighted by Gasteiger charge is 2.22. The molecule has 8 heteroatoms. The second kappa shape index (κ2) is 12.6. The first kappa shape index (κ1) is 25.1. The highest BCUT2D eigenvalue weighted by atomic mass is 16.6. The molecule has 3 amide bonds. The molecule has 0 aromatic heterocycles. The summed E-state index contributed by atoms with van der Waals surface area (Å²) in [5.74, 6) is 0.732. The van der Waals surface area contributed by atoms with E-state index in [2.05, 4.69) is 15.5 Å². The highest BCUT2D eigenvalue weighted by Crippen LogP contribution is 2.23. The van der Waals surface area contributed by atoms with Crippen molar-refractivity contribution in [2.45, 2.75) is 13.5 Å². The Morgan fingerprint density at radius 2 is 1.50 bits per heavy atom. The number of rotatable bonds is 8. The molecule has 2 N–H and O–H groups in total. The maximum atomic E-state index is 12.4. The van der Waals surface area contributed by atoms with Crippen LogP contribution in [0.25, 0.3) is 0 Å². The number of amides is 3. The van der Waals surface area contributed by atoms with Crippen molar-refractivity contribution in [1.29, 1.82) is 0 Å². The van der Waals surface area contributed by atoms with Crippen LogP contribution in [-0.4, -0.2) is 61.3 Å². The Kier molecular flexibility index (Phi) is 8.77. The van der Waals surface area contributed by atoms with Gasteiger partial charge in [0.05, 0.1) is 0 Å². The number of urea groups is 1. The number of piperazine rings is 1. The molecule has 36 heavy (non-hydrogen) atoms. The Hall–Kier alpha value is -4.04. The van der Waals surface area contributed by atoms with Crippen LogP contribution in [0.5, 0.6) is 5.75 Å². The Bertz CT molecular complexity index is 1130. The zero-order valence-electron chi connectivity index (χ0n) is 20.5. The van der Waals surface area contributed by atoms with Gasteiger partial charge in [0.1, 0.15) is 19.0 Å². The summed E-state index contributed by atoms with van der Waals surface area (Å²) in [5.41, 5.74) is 3.36. The molecule has 3 aromatic rings. The Balaban J connectivity index is 1.18. The lowest BCUT2D eigenvalue weighted by Gasteiger charge is -2.34. The average molecular weight is 489 g/mol. The number of para-hydroxylation sites is 1. The fraction of sp³-hybridized carbons (Fsp3) is 0.286. The summed E-state index contributed by atoms with van der Waals surface area (Å²) in [7, 11) is 0. The van der Waals surface area contributed by atoms with Crippen molar-refractivity contribution < 1.29 is 19.1 Å². The zero-order chi connectivity index (χ0) is 25.2. The van der Waals surface area contributed by atoms with Gasteiger partial charge in [0.15, 0.2) is 0 Å². The normalized spacial score (nSPS) is 13.6. The minimum atomic E-state index is -0.309. The summed E-state index contributed by atoms with van der Waals surface area (Å²) < 4.78 is 11.5. The summed E-state index contributed by atoms with van der Waals surface area (Å²) in [6.07, 6.45) is -0.272. The summed E-state index contributed by atoms with van der Waals surface area (Å²) >= 11 is 0. The predicted octanol–water partition coefficient (Wildman–Crippen LogP) is 4.97. The minimum absolute atomic E-state index is 0.272. The van der Waals surface area contributed by atoms with E-state index in [1.807, 2.05) is 85.8 Å². The molecule has 0 unspecified atom stereocenters. The minimum Gasteiger partial charge on any atom is -0.492 e. The SMILES string of the molecule is Cc1ccc(NC(=O)Nc2ccccc2)cc1OCCN1CCN(C(=O)OCc2ccccc2)CC1. The van der Waals surface area contributed by atoms with Crippen molar-refractivity contribution in [2.24, 2.45) is 0 Å². The monoisotopic (exact) mass is 488 g/mol. The van der Waals surface area contributed by atoms with Gasteiger partial charge >= 0.3 is 12.1 Å². The number of nitrogens with zero attached hydrogens (tertiary/aromatic N) is 2. The maximum absolute atomic E-state index is 12.4. The first-order valence-electron chi connectivity index (χ1n) is 12.1. The van der Waals surface area contributed by atoms with Crippen molar-refractivity contribution in [3.05, 3.63) is 90.0 Å². The number of carbonyl (C=O) groups is 2. The van der Waals surface area contributed by atoms with Crippen molar-refractivity contribution in [3.8, 4) is 5.75 Å². The van der Waals surface area contributed by atoms with E-state index in [1.54, 1.807) is 4.90 Å². The van der Waals surface area contributed by atoms with E-state index in [4.69, 9.17) is 9.47 Å². The fourth-order valence-electron chi connectivity index (χ4n) is 3.90. The van der Waals surface area contributed by atoms with Gasteiger partial charge in [0, 0.05) is 50.2 Å². The third-order valence-electron chi connectivity index (χ3n) is 5.98. The van der Waals surface area contributed by atoms with Crippen molar-refractivity contribution in [3.63, 3.8) is 0 Å². The summed E-state index contributed by atoms with van der Waals surface area (Å²) in [6, 6.07) is 24.3. The maximum Gasteiger partial charge on any atom is 0.410 e. The van der Waals surface area contributed by atoms with Crippen LogP contribution in [0.1, 0.15) is 11.1 Å². The first-order valence-corrected chi connectivity index (χ1v) is 12.1. The van der Waals surface area contributed by atoms with E-state index < -0.39 is 0 Å². The molecule has 0 saturated carbocycles. The third kappa shape index (κ3) is 7.48. The first-order chi connectivity index (χ1) is 17.6. The molecule has 0 bridgehead atoms. The predicted molar refractivity (Wildman–Crippen MR) is 140 cm³/mol. The summed E-state index contributed by atoms with van der Waals surface area (Å²) in [4.78, 5) is 28.7. The van der Waals surface area contributed by atoms with Crippen LogP contribution < -0.4 is 15.4 Å². The topological polar surface area (TPSA) is 83.1 Å². The molecular formula is C28H32N4O4. The van der Waals surface area contributed by atoms with Crippen LogP contribution in [-0.2, 0) is 11.3 Å². The van der Waals surface area contributed by atoms with Gasteiger partial charge in [-0.3, -0.25) is 4.90 Å². The number of hydrogen-bond donors (Lipinski definition) is 2. The second-order valence-electron chi connectivity index (χ2n) is 8.64. The second-order valence-corrected chi connectivity index (χ2v) is 8.64. The molecule has 1 heterocycles. The van der Waals surface area contributed by atoms with Crippen molar-refractivity contribution >= 4 is 23.5 Å². The molecule has 0 spiro atoms. The van der Waals surface area contributed by atoms with Crippen molar-refractivity contribution in [2.75, 3.05) is 50.0 Å². The van der Waals surface area contributed by atoms with Crippen LogP contribution in [0.4, 0.5) is 21.0 Å². The smallest absolute Gasteiger partial charge is 0.410 e. The van der Waals surface area contributed by atoms with Gasteiger partial charge in [-0.2, -0.15) is 0 Å². The lowest BCUT2D eigenvalue weighted by Crippen LogP contribution is -2.49. The molecule has 0 aliphatic carbocycles. The number of carbonyl (C=O) groups excluding carboxylic acids is 2. The number of aryl methyl sites for hydroxylation is 1. The van der Waals surface area contributed by atoms with Crippen LogP contribution in [0, 0.1) is 6.92 Å². The zero-order valence-corrected chi connectivity index (χ0v) is 20.5. The Morgan fingerprint density at radius 1 is 0.833 bits per heavy atom. The number of nitrogens with one attached hydrogen (secondary N) is 2. The number of anilines is 2. The standard InChI is InChI=1S/C28H32N4O4/c1-22-12-13-25(30-27(33)29-24-10-6-3-7-11-24)20-26(22)35-19-18-31-14-16-32(17-15-31)28(34)36-21-23-8-4-2-5-9-23/h2-13,20H,14-19,21H2,1H3,(H2,29,30,33). The van der Waals surface area contributed by atoms with Crippen LogP contribution in [0.15, 0.2) is 78.9 Å². The third-order valence-corrected chi connectivity index (χ3v) is 5.98. The van der Waals surface area contributed by atoms with Gasteiger partial charge in [-0.05, 0) is 36.2 Å². The number of benzene rings is 3. The average Bonchev–Trinajstić information content (AvgIpc) is 2.90. The van der Waals surface area contributed by atoms with Crippen LogP contribution >= 0.6 is 0 Å². The van der Waals surface area contributed by atoms with E-state index in [9.17, 15) is 9.59 Å². The summed E-state index contributed by atoms with van der Waals surface area (Å²) in [5, 5.41) is 5.65.